The van der Waals surface area contributed by atoms with E-state index < -0.39 is 18.8 Å². The van der Waals surface area contributed by atoms with Crippen molar-refractivity contribution in [3.8, 4) is 0 Å². The van der Waals surface area contributed by atoms with Crippen molar-refractivity contribution in [2.24, 2.45) is 0 Å². The van der Waals surface area contributed by atoms with Gasteiger partial charge in [-0.3, -0.25) is 4.90 Å². The van der Waals surface area contributed by atoms with E-state index in [-0.39, 0.29) is 6.04 Å². The maximum absolute atomic E-state index is 12.0. The summed E-state index contributed by atoms with van der Waals surface area (Å²) in [6.07, 6.45) is -6.08. The standard InChI is InChI=1S/C8H14F3NO2/c1-12(6-2-3-14-5-6)4-7(13)8(9,10)11/h6-7,13H,2-5H2,1H3. The molecule has 1 heterocycles. The predicted octanol–water partition coefficient (Wildman–Crippen LogP) is 0.630. The van der Waals surface area contributed by atoms with Gasteiger partial charge in [-0.05, 0) is 13.5 Å². The van der Waals surface area contributed by atoms with E-state index in [9.17, 15) is 13.2 Å². The molecule has 0 aliphatic carbocycles. The van der Waals surface area contributed by atoms with Crippen molar-refractivity contribution < 1.29 is 23.0 Å². The molecule has 0 spiro atoms. The summed E-state index contributed by atoms with van der Waals surface area (Å²) < 4.78 is 41.0. The zero-order chi connectivity index (χ0) is 10.8. The smallest absolute Gasteiger partial charge is 0.382 e. The number of hydrogen-bond donors (Lipinski definition) is 1. The molecule has 2 unspecified atom stereocenters. The number of hydrogen-bond acceptors (Lipinski definition) is 3. The van der Waals surface area contributed by atoms with Crippen LogP contribution >= 0.6 is 0 Å². The normalized spacial score (nSPS) is 25.7. The molecule has 14 heavy (non-hydrogen) atoms. The molecule has 1 rings (SSSR count). The SMILES string of the molecule is CN(CC(O)C(F)(F)F)C1CCOC1. The molecule has 0 aromatic carbocycles. The summed E-state index contributed by atoms with van der Waals surface area (Å²) in [6.45, 7) is 0.635. The first-order chi connectivity index (χ1) is 6.41. The number of aliphatic hydroxyl groups is 1. The molecule has 0 amide bonds. The van der Waals surface area contributed by atoms with Gasteiger partial charge in [0.2, 0.25) is 0 Å². The predicted molar refractivity (Wildman–Crippen MR) is 43.9 cm³/mol. The Balaban J connectivity index is 2.35. The lowest BCUT2D eigenvalue weighted by Crippen LogP contribution is -2.43. The van der Waals surface area contributed by atoms with E-state index in [0.29, 0.717) is 13.2 Å². The lowest BCUT2D eigenvalue weighted by Gasteiger charge is -2.26. The van der Waals surface area contributed by atoms with Gasteiger partial charge in [-0.2, -0.15) is 13.2 Å². The van der Waals surface area contributed by atoms with Crippen LogP contribution in [0.15, 0.2) is 0 Å². The Morgan fingerprint density at radius 1 is 1.57 bits per heavy atom. The van der Waals surface area contributed by atoms with Crippen molar-refractivity contribution in [3.05, 3.63) is 0 Å². The minimum absolute atomic E-state index is 0.00741. The Labute approximate surface area is 80.5 Å². The van der Waals surface area contributed by atoms with Gasteiger partial charge < -0.3 is 9.84 Å². The largest absolute Gasteiger partial charge is 0.415 e. The van der Waals surface area contributed by atoms with Crippen molar-refractivity contribution in [1.82, 2.24) is 4.90 Å². The number of likely N-dealkylation sites (N-methyl/N-ethyl adjacent to an activating group) is 1. The van der Waals surface area contributed by atoms with Crippen molar-refractivity contribution in [2.75, 3.05) is 26.8 Å². The molecule has 1 N–H and O–H groups in total. The van der Waals surface area contributed by atoms with E-state index in [1.54, 1.807) is 7.05 Å². The van der Waals surface area contributed by atoms with Crippen molar-refractivity contribution in [2.45, 2.75) is 24.7 Å². The van der Waals surface area contributed by atoms with E-state index in [1.807, 2.05) is 0 Å². The molecule has 0 saturated carbocycles. The highest BCUT2D eigenvalue weighted by Gasteiger charge is 2.39. The molecule has 0 radical (unpaired) electrons. The zero-order valence-electron chi connectivity index (χ0n) is 7.92. The van der Waals surface area contributed by atoms with Crippen LogP contribution in [-0.4, -0.2) is 55.1 Å². The van der Waals surface area contributed by atoms with Gasteiger partial charge in [0.1, 0.15) is 0 Å². The number of rotatable bonds is 3. The maximum Gasteiger partial charge on any atom is 0.415 e. The molecule has 1 aliphatic heterocycles. The fraction of sp³-hybridized carbons (Fsp3) is 1.00. The third-order valence-corrected chi connectivity index (χ3v) is 2.37. The quantitative estimate of drug-likeness (QED) is 0.746. The number of halogens is 3. The number of alkyl halides is 3. The Morgan fingerprint density at radius 2 is 2.21 bits per heavy atom. The third-order valence-electron chi connectivity index (χ3n) is 2.37. The summed E-state index contributed by atoms with van der Waals surface area (Å²) in [5.41, 5.74) is 0. The lowest BCUT2D eigenvalue weighted by molar-refractivity contribution is -0.208. The Hall–Kier alpha value is -0.330. The van der Waals surface area contributed by atoms with Gasteiger partial charge >= 0.3 is 6.18 Å². The Morgan fingerprint density at radius 3 is 2.64 bits per heavy atom. The minimum Gasteiger partial charge on any atom is -0.382 e. The van der Waals surface area contributed by atoms with E-state index in [1.165, 1.54) is 4.90 Å². The highest BCUT2D eigenvalue weighted by molar-refractivity contribution is 4.77. The van der Waals surface area contributed by atoms with Gasteiger partial charge in [0, 0.05) is 19.2 Å². The molecule has 3 nitrogen and oxygen atoms in total. The van der Waals surface area contributed by atoms with Crippen LogP contribution in [0, 0.1) is 0 Å². The van der Waals surface area contributed by atoms with Gasteiger partial charge in [-0.1, -0.05) is 0 Å². The fourth-order valence-electron chi connectivity index (χ4n) is 1.40. The second kappa shape index (κ2) is 4.46. The summed E-state index contributed by atoms with van der Waals surface area (Å²) in [7, 11) is 1.56. The molecule has 2 atom stereocenters. The van der Waals surface area contributed by atoms with Crippen molar-refractivity contribution in [3.63, 3.8) is 0 Å². The highest BCUT2D eigenvalue weighted by Crippen LogP contribution is 2.21. The topological polar surface area (TPSA) is 32.7 Å². The molecule has 0 bridgehead atoms. The summed E-state index contributed by atoms with van der Waals surface area (Å²) >= 11 is 0. The zero-order valence-corrected chi connectivity index (χ0v) is 7.92. The van der Waals surface area contributed by atoms with Gasteiger partial charge in [-0.15, -0.1) is 0 Å². The van der Waals surface area contributed by atoms with E-state index in [0.717, 1.165) is 6.42 Å². The monoisotopic (exact) mass is 213 g/mol. The van der Waals surface area contributed by atoms with Crippen LogP contribution in [-0.2, 0) is 4.74 Å². The first-order valence-electron chi connectivity index (χ1n) is 4.44. The number of nitrogens with zero attached hydrogens (tertiary/aromatic N) is 1. The van der Waals surface area contributed by atoms with Gasteiger partial charge in [-0.25, -0.2) is 0 Å². The summed E-state index contributed by atoms with van der Waals surface area (Å²) in [4.78, 5) is 1.49. The number of aliphatic hydroxyl groups excluding tert-OH is 1. The molecule has 6 heteroatoms. The second-order valence-corrected chi connectivity index (χ2v) is 3.51. The average Bonchev–Trinajstić information content (AvgIpc) is 2.53. The molecule has 1 saturated heterocycles. The van der Waals surface area contributed by atoms with Gasteiger partial charge in [0.15, 0.2) is 6.10 Å². The molecule has 0 aromatic rings. The number of ether oxygens (including phenoxy) is 1. The molecular formula is C8H14F3NO2. The Bertz CT molecular complexity index is 180. The van der Waals surface area contributed by atoms with Crippen LogP contribution < -0.4 is 0 Å². The summed E-state index contributed by atoms with van der Waals surface area (Å²) in [6, 6.07) is -0.00741. The van der Waals surface area contributed by atoms with Crippen LogP contribution in [0.25, 0.3) is 0 Å². The van der Waals surface area contributed by atoms with Crippen LogP contribution in [0.3, 0.4) is 0 Å². The average molecular weight is 213 g/mol. The van der Waals surface area contributed by atoms with E-state index in [2.05, 4.69) is 0 Å². The summed E-state index contributed by atoms with van der Waals surface area (Å²) in [5, 5.41) is 8.81. The van der Waals surface area contributed by atoms with Crippen molar-refractivity contribution >= 4 is 0 Å². The van der Waals surface area contributed by atoms with Crippen LogP contribution in [0.5, 0.6) is 0 Å². The highest BCUT2D eigenvalue weighted by atomic mass is 19.4. The molecule has 1 aliphatic rings. The van der Waals surface area contributed by atoms with E-state index in [4.69, 9.17) is 9.84 Å². The second-order valence-electron chi connectivity index (χ2n) is 3.51. The van der Waals surface area contributed by atoms with Crippen LogP contribution in [0.2, 0.25) is 0 Å². The first-order valence-corrected chi connectivity index (χ1v) is 4.44. The minimum atomic E-state index is -4.53. The molecule has 1 fully saturated rings. The third kappa shape index (κ3) is 3.11. The molecular weight excluding hydrogens is 199 g/mol. The lowest BCUT2D eigenvalue weighted by atomic mass is 10.2. The summed E-state index contributed by atoms with van der Waals surface area (Å²) in [5.74, 6) is 0. The molecule has 0 aromatic heterocycles. The van der Waals surface area contributed by atoms with Crippen LogP contribution in [0.4, 0.5) is 13.2 Å². The van der Waals surface area contributed by atoms with Gasteiger partial charge in [0.25, 0.3) is 0 Å². The first kappa shape index (κ1) is 11.7. The fourth-order valence-corrected chi connectivity index (χ4v) is 1.40. The van der Waals surface area contributed by atoms with Crippen molar-refractivity contribution in [1.29, 1.82) is 0 Å². The maximum atomic E-state index is 12.0. The molecule has 84 valence electrons. The van der Waals surface area contributed by atoms with Crippen LogP contribution in [0.1, 0.15) is 6.42 Å². The van der Waals surface area contributed by atoms with E-state index >= 15 is 0 Å². The van der Waals surface area contributed by atoms with Gasteiger partial charge in [0.05, 0.1) is 6.61 Å². The Kier molecular flexibility index (Phi) is 3.74.